The average molecular weight is 197 g/mol. The zero-order valence-electron chi connectivity index (χ0n) is 9.60. The molecule has 3 nitrogen and oxygen atoms in total. The quantitative estimate of drug-likeness (QED) is 0.684. The number of hydrogen-bond donors (Lipinski definition) is 1. The van der Waals surface area contributed by atoms with Gasteiger partial charge in [-0.1, -0.05) is 6.08 Å². The maximum atomic E-state index is 11.6. The van der Waals surface area contributed by atoms with E-state index in [1.165, 1.54) is 0 Å². The first-order valence-electron chi connectivity index (χ1n) is 4.98. The third-order valence-electron chi connectivity index (χ3n) is 2.31. The topological polar surface area (TPSA) is 38.3 Å². The molecule has 0 radical (unpaired) electrons. The van der Waals surface area contributed by atoms with E-state index in [-0.39, 0.29) is 17.0 Å². The van der Waals surface area contributed by atoms with Crippen LogP contribution in [-0.4, -0.2) is 23.7 Å². The number of rotatable bonds is 2. The summed E-state index contributed by atoms with van der Waals surface area (Å²) < 4.78 is 5.01. The molecule has 0 bridgehead atoms. The van der Waals surface area contributed by atoms with Crippen LogP contribution in [0.25, 0.3) is 0 Å². The lowest BCUT2D eigenvalue weighted by molar-refractivity contribution is -0.139. The minimum Gasteiger partial charge on any atom is -0.463 e. The fourth-order valence-corrected chi connectivity index (χ4v) is 1.97. The largest absolute Gasteiger partial charge is 0.463 e. The molecule has 1 aliphatic heterocycles. The van der Waals surface area contributed by atoms with Gasteiger partial charge in [0.2, 0.25) is 0 Å². The first-order chi connectivity index (χ1) is 6.28. The molecule has 0 saturated heterocycles. The van der Waals surface area contributed by atoms with Crippen LogP contribution < -0.4 is 5.32 Å². The van der Waals surface area contributed by atoms with Crippen molar-refractivity contribution in [3.63, 3.8) is 0 Å². The number of esters is 1. The molecule has 0 aromatic carbocycles. The van der Waals surface area contributed by atoms with E-state index in [2.05, 4.69) is 5.32 Å². The first kappa shape index (κ1) is 11.2. The summed E-state index contributed by atoms with van der Waals surface area (Å²) in [5.41, 5.74) is 0.297. The molecular formula is C11H19NO2. The number of carbonyl (C=O) groups is 1. The summed E-state index contributed by atoms with van der Waals surface area (Å²) in [7, 11) is 0. The molecule has 0 amide bonds. The number of ether oxygens (including phenoxy) is 1. The van der Waals surface area contributed by atoms with Gasteiger partial charge in [-0.15, -0.1) is 0 Å². The van der Waals surface area contributed by atoms with Crippen molar-refractivity contribution in [3.8, 4) is 0 Å². The molecule has 1 aliphatic rings. The molecule has 1 rings (SSSR count). The van der Waals surface area contributed by atoms with Crippen molar-refractivity contribution < 1.29 is 9.53 Å². The highest BCUT2D eigenvalue weighted by atomic mass is 16.5. The number of carbonyl (C=O) groups excluding carboxylic acids is 1. The zero-order valence-corrected chi connectivity index (χ0v) is 9.60. The van der Waals surface area contributed by atoms with E-state index in [0.717, 1.165) is 5.57 Å². The smallest absolute Gasteiger partial charge is 0.335 e. The average Bonchev–Trinajstić information content (AvgIpc) is 2.19. The van der Waals surface area contributed by atoms with Crippen LogP contribution >= 0.6 is 0 Å². The summed E-state index contributed by atoms with van der Waals surface area (Å²) in [5.74, 6) is -0.212. The standard InChI is InChI=1S/C11H19NO2/c1-6-14-9(13)8-7-10(2,3)12-11(8,4)5/h7,12H,6H2,1-5H3. The Hall–Kier alpha value is -0.830. The van der Waals surface area contributed by atoms with Crippen LogP contribution in [0, 0.1) is 0 Å². The molecule has 0 fully saturated rings. The van der Waals surface area contributed by atoms with Crippen molar-refractivity contribution in [2.24, 2.45) is 0 Å². The molecule has 0 aromatic heterocycles. The Balaban J connectivity index is 2.91. The molecule has 0 spiro atoms. The van der Waals surface area contributed by atoms with E-state index in [9.17, 15) is 4.79 Å². The second-order valence-corrected chi connectivity index (χ2v) is 4.75. The van der Waals surface area contributed by atoms with Crippen LogP contribution in [0.15, 0.2) is 11.6 Å². The summed E-state index contributed by atoms with van der Waals surface area (Å²) in [6.07, 6.45) is 1.95. The summed E-state index contributed by atoms with van der Waals surface area (Å²) in [4.78, 5) is 11.6. The molecule has 0 saturated carbocycles. The Kier molecular flexibility index (Phi) is 2.72. The fourth-order valence-electron chi connectivity index (χ4n) is 1.97. The number of hydrogen-bond acceptors (Lipinski definition) is 3. The summed E-state index contributed by atoms with van der Waals surface area (Å²) >= 11 is 0. The monoisotopic (exact) mass is 197 g/mol. The molecule has 80 valence electrons. The third-order valence-corrected chi connectivity index (χ3v) is 2.31. The normalized spacial score (nSPS) is 23.1. The lowest BCUT2D eigenvalue weighted by Crippen LogP contribution is -2.46. The van der Waals surface area contributed by atoms with E-state index < -0.39 is 0 Å². The van der Waals surface area contributed by atoms with E-state index >= 15 is 0 Å². The van der Waals surface area contributed by atoms with E-state index in [0.29, 0.717) is 6.61 Å². The molecule has 1 heterocycles. The van der Waals surface area contributed by atoms with Gasteiger partial charge in [-0.2, -0.15) is 0 Å². The number of nitrogens with one attached hydrogen (secondary N) is 1. The van der Waals surface area contributed by atoms with Crippen LogP contribution in [0.4, 0.5) is 0 Å². The predicted octanol–water partition coefficient (Wildman–Crippen LogP) is 1.64. The van der Waals surface area contributed by atoms with E-state index in [1.807, 2.05) is 40.7 Å². The van der Waals surface area contributed by atoms with Gasteiger partial charge in [0.05, 0.1) is 12.2 Å². The second-order valence-electron chi connectivity index (χ2n) is 4.75. The summed E-state index contributed by atoms with van der Waals surface area (Å²) in [6.45, 7) is 10.3. The molecule has 0 unspecified atom stereocenters. The lowest BCUT2D eigenvalue weighted by Gasteiger charge is -2.27. The minimum absolute atomic E-state index is 0.133. The Morgan fingerprint density at radius 3 is 2.36 bits per heavy atom. The highest BCUT2D eigenvalue weighted by Gasteiger charge is 2.40. The van der Waals surface area contributed by atoms with Gasteiger partial charge in [-0.3, -0.25) is 5.32 Å². The predicted molar refractivity (Wildman–Crippen MR) is 56.0 cm³/mol. The van der Waals surface area contributed by atoms with Crippen molar-refractivity contribution in [2.45, 2.75) is 45.7 Å². The van der Waals surface area contributed by atoms with Crippen LogP contribution in [0.2, 0.25) is 0 Å². The van der Waals surface area contributed by atoms with Gasteiger partial charge in [0.15, 0.2) is 0 Å². The van der Waals surface area contributed by atoms with Gasteiger partial charge >= 0.3 is 5.97 Å². The van der Waals surface area contributed by atoms with Crippen molar-refractivity contribution >= 4 is 5.97 Å². The van der Waals surface area contributed by atoms with E-state index in [1.54, 1.807) is 0 Å². The summed E-state index contributed by atoms with van der Waals surface area (Å²) in [6, 6.07) is 0. The Bertz CT molecular complexity index is 277. The Labute approximate surface area is 85.5 Å². The zero-order chi connectivity index (χ0) is 11.0. The third kappa shape index (κ3) is 2.15. The Morgan fingerprint density at radius 1 is 1.43 bits per heavy atom. The molecule has 0 aromatic rings. The van der Waals surface area contributed by atoms with Crippen molar-refractivity contribution in [2.75, 3.05) is 6.61 Å². The molecule has 1 N–H and O–H groups in total. The maximum absolute atomic E-state index is 11.6. The van der Waals surface area contributed by atoms with Gasteiger partial charge in [0.1, 0.15) is 0 Å². The summed E-state index contributed by atoms with van der Waals surface area (Å²) in [5, 5.41) is 3.37. The van der Waals surface area contributed by atoms with Gasteiger partial charge < -0.3 is 4.74 Å². The van der Waals surface area contributed by atoms with Crippen LogP contribution in [0.1, 0.15) is 34.6 Å². The molecule has 3 heteroatoms. The van der Waals surface area contributed by atoms with Crippen LogP contribution in [0.3, 0.4) is 0 Å². The molecule has 14 heavy (non-hydrogen) atoms. The van der Waals surface area contributed by atoms with Crippen molar-refractivity contribution in [1.82, 2.24) is 5.32 Å². The molecule has 0 atom stereocenters. The molecular weight excluding hydrogens is 178 g/mol. The minimum atomic E-state index is -0.296. The SMILES string of the molecule is CCOC(=O)C1=CC(C)(C)NC1(C)C. The lowest BCUT2D eigenvalue weighted by atomic mass is 9.97. The van der Waals surface area contributed by atoms with E-state index in [4.69, 9.17) is 4.74 Å². The van der Waals surface area contributed by atoms with Gasteiger partial charge in [0, 0.05) is 11.1 Å². The van der Waals surface area contributed by atoms with Crippen LogP contribution in [-0.2, 0) is 9.53 Å². The maximum Gasteiger partial charge on any atom is 0.335 e. The molecule has 0 aliphatic carbocycles. The van der Waals surface area contributed by atoms with Crippen LogP contribution in [0.5, 0.6) is 0 Å². The second kappa shape index (κ2) is 3.39. The van der Waals surface area contributed by atoms with Gasteiger partial charge in [0.25, 0.3) is 0 Å². The van der Waals surface area contributed by atoms with Gasteiger partial charge in [-0.05, 0) is 34.6 Å². The fraction of sp³-hybridized carbons (Fsp3) is 0.727. The highest BCUT2D eigenvalue weighted by Crippen LogP contribution is 2.30. The first-order valence-corrected chi connectivity index (χ1v) is 4.98. The van der Waals surface area contributed by atoms with Gasteiger partial charge in [-0.25, -0.2) is 4.79 Å². The highest BCUT2D eigenvalue weighted by molar-refractivity contribution is 5.92. The van der Waals surface area contributed by atoms with Crippen molar-refractivity contribution in [3.05, 3.63) is 11.6 Å². The Morgan fingerprint density at radius 2 is 2.00 bits per heavy atom. The van der Waals surface area contributed by atoms with Crippen molar-refractivity contribution in [1.29, 1.82) is 0 Å².